The molecule has 0 heterocycles. The fraction of sp³-hybridized carbons (Fsp3) is 1.00. The van der Waals surface area contributed by atoms with Crippen molar-refractivity contribution in [1.82, 2.24) is 5.32 Å². The molecule has 0 rings (SSSR count). The Balaban J connectivity index is 3.16. The number of nitrogens with one attached hydrogen (secondary N) is 1. The van der Waals surface area contributed by atoms with Crippen molar-refractivity contribution in [2.24, 2.45) is 11.8 Å². The van der Waals surface area contributed by atoms with E-state index >= 15 is 0 Å². The van der Waals surface area contributed by atoms with E-state index in [-0.39, 0.29) is 0 Å². The fourth-order valence-corrected chi connectivity index (χ4v) is 1.31. The van der Waals surface area contributed by atoms with Gasteiger partial charge in [-0.05, 0) is 38.3 Å². The smallest absolute Gasteiger partial charge is 0.00494 e. The van der Waals surface area contributed by atoms with E-state index in [1.165, 1.54) is 12.8 Å². The molecular formula is C9H21N. The van der Waals surface area contributed by atoms with Crippen molar-refractivity contribution >= 4 is 0 Å². The summed E-state index contributed by atoms with van der Waals surface area (Å²) in [5.41, 5.74) is 0. The van der Waals surface area contributed by atoms with Crippen molar-refractivity contribution in [1.29, 1.82) is 0 Å². The van der Waals surface area contributed by atoms with Gasteiger partial charge >= 0.3 is 0 Å². The molecule has 0 aliphatic carbocycles. The van der Waals surface area contributed by atoms with Crippen LogP contribution in [0.15, 0.2) is 0 Å². The molecule has 0 aliphatic rings. The second-order valence-corrected chi connectivity index (χ2v) is 3.63. The van der Waals surface area contributed by atoms with Crippen LogP contribution in [-0.2, 0) is 0 Å². The molecule has 0 aliphatic heterocycles. The van der Waals surface area contributed by atoms with Crippen LogP contribution in [0.25, 0.3) is 0 Å². The third-order valence-electron chi connectivity index (χ3n) is 1.76. The highest BCUT2D eigenvalue weighted by atomic mass is 14.8. The Morgan fingerprint density at radius 1 is 1.20 bits per heavy atom. The predicted octanol–water partition coefficient (Wildman–Crippen LogP) is 2.28. The van der Waals surface area contributed by atoms with Crippen LogP contribution in [0.3, 0.4) is 0 Å². The van der Waals surface area contributed by atoms with Crippen molar-refractivity contribution in [3.63, 3.8) is 0 Å². The standard InChI is InChI=1S/C9H21N/c1-8(2)7-9(3)5-6-10-4/h8-10H,5-7H2,1-4H3/t9-/m1/s1. The molecule has 1 N–H and O–H groups in total. The highest BCUT2D eigenvalue weighted by molar-refractivity contribution is 4.56. The SMILES string of the molecule is CNCC[C@@H](C)CC(C)C. The van der Waals surface area contributed by atoms with Gasteiger partial charge in [-0.2, -0.15) is 0 Å². The van der Waals surface area contributed by atoms with Gasteiger partial charge in [0.15, 0.2) is 0 Å². The van der Waals surface area contributed by atoms with E-state index in [0.29, 0.717) is 0 Å². The minimum atomic E-state index is 0.854. The molecule has 0 spiro atoms. The van der Waals surface area contributed by atoms with Crippen LogP contribution in [0.1, 0.15) is 33.6 Å². The van der Waals surface area contributed by atoms with E-state index in [1.54, 1.807) is 0 Å². The van der Waals surface area contributed by atoms with E-state index in [9.17, 15) is 0 Å². The van der Waals surface area contributed by atoms with Gasteiger partial charge in [0.2, 0.25) is 0 Å². The predicted molar refractivity (Wildman–Crippen MR) is 47.2 cm³/mol. The Bertz CT molecular complexity index is 69.1. The first-order valence-electron chi connectivity index (χ1n) is 4.31. The molecule has 0 aromatic rings. The first kappa shape index (κ1) is 9.96. The van der Waals surface area contributed by atoms with Gasteiger partial charge in [-0.3, -0.25) is 0 Å². The van der Waals surface area contributed by atoms with Gasteiger partial charge in [-0.15, -0.1) is 0 Å². The molecule has 1 heteroatoms. The Labute approximate surface area is 65.2 Å². The zero-order valence-corrected chi connectivity index (χ0v) is 7.78. The Hall–Kier alpha value is -0.0400. The summed E-state index contributed by atoms with van der Waals surface area (Å²) in [6, 6.07) is 0. The lowest BCUT2D eigenvalue weighted by atomic mass is 9.96. The molecule has 0 amide bonds. The Morgan fingerprint density at radius 3 is 2.20 bits per heavy atom. The largest absolute Gasteiger partial charge is 0.320 e. The molecule has 0 aromatic heterocycles. The summed E-state index contributed by atoms with van der Waals surface area (Å²) in [5, 5.41) is 3.17. The maximum Gasteiger partial charge on any atom is -0.00494 e. The van der Waals surface area contributed by atoms with Crippen LogP contribution in [0.4, 0.5) is 0 Å². The Kier molecular flexibility index (Phi) is 5.70. The number of rotatable bonds is 5. The zero-order chi connectivity index (χ0) is 7.98. The van der Waals surface area contributed by atoms with Gasteiger partial charge in [-0.1, -0.05) is 20.8 Å². The summed E-state index contributed by atoms with van der Waals surface area (Å²) < 4.78 is 0. The first-order chi connectivity index (χ1) is 4.66. The molecule has 1 nitrogen and oxygen atoms in total. The van der Waals surface area contributed by atoms with Crippen molar-refractivity contribution < 1.29 is 0 Å². The highest BCUT2D eigenvalue weighted by Crippen LogP contribution is 2.13. The maximum absolute atomic E-state index is 3.17. The normalized spacial score (nSPS) is 14.1. The molecule has 0 fully saturated rings. The van der Waals surface area contributed by atoms with E-state index in [4.69, 9.17) is 0 Å². The molecule has 10 heavy (non-hydrogen) atoms. The van der Waals surface area contributed by atoms with E-state index in [0.717, 1.165) is 18.4 Å². The highest BCUT2D eigenvalue weighted by Gasteiger charge is 2.02. The summed E-state index contributed by atoms with van der Waals surface area (Å²) in [5.74, 6) is 1.74. The van der Waals surface area contributed by atoms with E-state index in [1.807, 2.05) is 7.05 Å². The summed E-state index contributed by atoms with van der Waals surface area (Å²) in [7, 11) is 2.02. The minimum absolute atomic E-state index is 0.854. The lowest BCUT2D eigenvalue weighted by Crippen LogP contribution is -2.12. The molecule has 0 radical (unpaired) electrons. The molecule has 0 saturated heterocycles. The van der Waals surface area contributed by atoms with Gasteiger partial charge in [-0.25, -0.2) is 0 Å². The van der Waals surface area contributed by atoms with Crippen LogP contribution in [0, 0.1) is 11.8 Å². The Morgan fingerprint density at radius 2 is 1.80 bits per heavy atom. The van der Waals surface area contributed by atoms with Gasteiger partial charge < -0.3 is 5.32 Å². The number of hydrogen-bond acceptors (Lipinski definition) is 1. The van der Waals surface area contributed by atoms with Gasteiger partial charge in [0.1, 0.15) is 0 Å². The quantitative estimate of drug-likeness (QED) is 0.622. The van der Waals surface area contributed by atoms with Gasteiger partial charge in [0, 0.05) is 0 Å². The average molecular weight is 143 g/mol. The van der Waals surface area contributed by atoms with Crippen LogP contribution in [0.5, 0.6) is 0 Å². The summed E-state index contributed by atoms with van der Waals surface area (Å²) in [6.45, 7) is 8.07. The monoisotopic (exact) mass is 143 g/mol. The number of hydrogen-bond donors (Lipinski definition) is 1. The average Bonchev–Trinajstić information content (AvgIpc) is 1.82. The lowest BCUT2D eigenvalue weighted by Gasteiger charge is -2.12. The second kappa shape index (κ2) is 5.72. The van der Waals surface area contributed by atoms with Crippen molar-refractivity contribution in [3.05, 3.63) is 0 Å². The topological polar surface area (TPSA) is 12.0 Å². The van der Waals surface area contributed by atoms with Crippen molar-refractivity contribution in [2.75, 3.05) is 13.6 Å². The van der Waals surface area contributed by atoms with Crippen molar-refractivity contribution in [2.45, 2.75) is 33.6 Å². The second-order valence-electron chi connectivity index (χ2n) is 3.63. The lowest BCUT2D eigenvalue weighted by molar-refractivity contribution is 0.411. The molecular weight excluding hydrogens is 122 g/mol. The molecule has 1 atom stereocenters. The first-order valence-corrected chi connectivity index (χ1v) is 4.31. The maximum atomic E-state index is 3.17. The van der Waals surface area contributed by atoms with Gasteiger partial charge in [0.25, 0.3) is 0 Å². The summed E-state index contributed by atoms with van der Waals surface area (Å²) in [6.07, 6.45) is 2.68. The van der Waals surface area contributed by atoms with Crippen LogP contribution in [-0.4, -0.2) is 13.6 Å². The molecule has 0 bridgehead atoms. The molecule has 0 saturated carbocycles. The molecule has 0 aromatic carbocycles. The van der Waals surface area contributed by atoms with E-state index < -0.39 is 0 Å². The third kappa shape index (κ3) is 6.09. The molecule has 62 valence electrons. The summed E-state index contributed by atoms with van der Waals surface area (Å²) >= 11 is 0. The summed E-state index contributed by atoms with van der Waals surface area (Å²) in [4.78, 5) is 0. The van der Waals surface area contributed by atoms with Crippen molar-refractivity contribution in [3.8, 4) is 0 Å². The van der Waals surface area contributed by atoms with Gasteiger partial charge in [0.05, 0.1) is 0 Å². The third-order valence-corrected chi connectivity index (χ3v) is 1.76. The molecule has 0 unspecified atom stereocenters. The van der Waals surface area contributed by atoms with Crippen LogP contribution in [0.2, 0.25) is 0 Å². The zero-order valence-electron chi connectivity index (χ0n) is 7.78. The van der Waals surface area contributed by atoms with Crippen LogP contribution < -0.4 is 5.32 Å². The minimum Gasteiger partial charge on any atom is -0.320 e. The fourth-order valence-electron chi connectivity index (χ4n) is 1.31. The van der Waals surface area contributed by atoms with Crippen LogP contribution >= 0.6 is 0 Å². The van der Waals surface area contributed by atoms with E-state index in [2.05, 4.69) is 26.1 Å².